The van der Waals surface area contributed by atoms with Crippen LogP contribution in [-0.2, 0) is 0 Å². The Bertz CT molecular complexity index is 735. The highest BCUT2D eigenvalue weighted by molar-refractivity contribution is 6.05. The molecule has 0 fully saturated rings. The molecule has 0 aliphatic carbocycles. The molecular weight excluding hydrogens is 284 g/mol. The van der Waals surface area contributed by atoms with Gasteiger partial charge in [0, 0.05) is 5.69 Å². The van der Waals surface area contributed by atoms with Crippen molar-refractivity contribution < 1.29 is 18.5 Å². The third-order valence-electron chi connectivity index (χ3n) is 2.64. The van der Waals surface area contributed by atoms with E-state index in [-0.39, 0.29) is 16.9 Å². The Hall–Kier alpha value is -3.03. The molecule has 8 heteroatoms. The van der Waals surface area contributed by atoms with Crippen LogP contribution in [0.1, 0.15) is 10.4 Å². The summed E-state index contributed by atoms with van der Waals surface area (Å²) >= 11 is 0. The quantitative estimate of drug-likeness (QED) is 0.516. The second-order valence-electron chi connectivity index (χ2n) is 4.11. The molecule has 0 aliphatic rings. The van der Waals surface area contributed by atoms with Crippen LogP contribution in [-0.4, -0.2) is 10.8 Å². The van der Waals surface area contributed by atoms with E-state index in [9.17, 15) is 23.7 Å². The minimum absolute atomic E-state index is 0.136. The molecule has 0 bridgehead atoms. The van der Waals surface area contributed by atoms with E-state index in [1.54, 1.807) is 0 Å². The van der Waals surface area contributed by atoms with E-state index in [4.69, 9.17) is 5.73 Å². The number of amides is 1. The van der Waals surface area contributed by atoms with Crippen molar-refractivity contribution in [3.63, 3.8) is 0 Å². The Morgan fingerprint density at radius 3 is 2.52 bits per heavy atom. The van der Waals surface area contributed by atoms with Crippen LogP contribution in [0.2, 0.25) is 0 Å². The Balaban J connectivity index is 2.34. The third-order valence-corrected chi connectivity index (χ3v) is 2.64. The topological polar surface area (TPSA) is 98.3 Å². The first-order valence-corrected chi connectivity index (χ1v) is 5.69. The van der Waals surface area contributed by atoms with E-state index >= 15 is 0 Å². The Morgan fingerprint density at radius 2 is 1.90 bits per heavy atom. The average Bonchev–Trinajstić information content (AvgIpc) is 2.40. The van der Waals surface area contributed by atoms with Crippen molar-refractivity contribution in [2.45, 2.75) is 0 Å². The predicted octanol–water partition coefficient (Wildman–Crippen LogP) is 2.71. The lowest BCUT2D eigenvalue weighted by atomic mass is 10.1. The molecule has 0 spiro atoms. The molecule has 0 heterocycles. The molecule has 0 aromatic heterocycles. The standard InChI is InChI=1S/C13H9F2N3O3/c14-7-1-4-11(12(5-7)18(20)21)17-13(19)9-3-2-8(16)6-10(9)15/h1-6H,16H2,(H,17,19). The third kappa shape index (κ3) is 3.11. The Labute approximate surface area is 117 Å². The molecule has 0 unspecified atom stereocenters. The summed E-state index contributed by atoms with van der Waals surface area (Å²) in [5.41, 5.74) is 4.30. The maximum atomic E-state index is 13.6. The van der Waals surface area contributed by atoms with Gasteiger partial charge in [-0.1, -0.05) is 0 Å². The van der Waals surface area contributed by atoms with Crippen LogP contribution >= 0.6 is 0 Å². The highest BCUT2D eigenvalue weighted by Crippen LogP contribution is 2.26. The number of nitrogens with one attached hydrogen (secondary N) is 1. The summed E-state index contributed by atoms with van der Waals surface area (Å²) in [7, 11) is 0. The number of hydrogen-bond donors (Lipinski definition) is 2. The van der Waals surface area contributed by atoms with Crippen molar-refractivity contribution in [2.75, 3.05) is 11.1 Å². The van der Waals surface area contributed by atoms with E-state index in [2.05, 4.69) is 5.32 Å². The van der Waals surface area contributed by atoms with E-state index < -0.39 is 28.2 Å². The lowest BCUT2D eigenvalue weighted by Crippen LogP contribution is -2.15. The van der Waals surface area contributed by atoms with E-state index in [0.29, 0.717) is 6.07 Å². The number of benzene rings is 2. The molecule has 6 nitrogen and oxygen atoms in total. The number of carbonyl (C=O) groups excluding carboxylic acids is 1. The van der Waals surface area contributed by atoms with Crippen LogP contribution in [0.3, 0.4) is 0 Å². The largest absolute Gasteiger partial charge is 0.399 e. The monoisotopic (exact) mass is 293 g/mol. The van der Waals surface area contributed by atoms with Crippen molar-refractivity contribution in [3.05, 3.63) is 63.7 Å². The fourth-order valence-electron chi connectivity index (χ4n) is 1.67. The van der Waals surface area contributed by atoms with Crippen LogP contribution in [0.15, 0.2) is 36.4 Å². The van der Waals surface area contributed by atoms with Crippen molar-refractivity contribution in [1.82, 2.24) is 0 Å². The molecule has 0 saturated carbocycles. The number of rotatable bonds is 3. The summed E-state index contributed by atoms with van der Waals surface area (Å²) < 4.78 is 26.6. The smallest absolute Gasteiger partial charge is 0.295 e. The zero-order chi connectivity index (χ0) is 15.6. The summed E-state index contributed by atoms with van der Waals surface area (Å²) in [6.07, 6.45) is 0. The first-order chi connectivity index (χ1) is 9.88. The van der Waals surface area contributed by atoms with Gasteiger partial charge in [0.1, 0.15) is 17.3 Å². The number of halogens is 2. The van der Waals surface area contributed by atoms with Crippen LogP contribution in [0.4, 0.5) is 25.8 Å². The molecule has 2 aromatic carbocycles. The fourth-order valence-corrected chi connectivity index (χ4v) is 1.67. The molecular formula is C13H9F2N3O3. The molecule has 0 atom stereocenters. The molecule has 0 saturated heterocycles. The molecule has 3 N–H and O–H groups in total. The number of nitro benzene ring substituents is 1. The highest BCUT2D eigenvalue weighted by Gasteiger charge is 2.19. The van der Waals surface area contributed by atoms with Gasteiger partial charge in [-0.2, -0.15) is 0 Å². The number of carbonyl (C=O) groups is 1. The Kier molecular flexibility index (Phi) is 3.79. The number of nitro groups is 1. The molecule has 2 rings (SSSR count). The highest BCUT2D eigenvalue weighted by atomic mass is 19.1. The lowest BCUT2D eigenvalue weighted by Gasteiger charge is -2.07. The maximum Gasteiger partial charge on any atom is 0.295 e. The van der Waals surface area contributed by atoms with Crippen molar-refractivity contribution in [1.29, 1.82) is 0 Å². The first-order valence-electron chi connectivity index (χ1n) is 5.69. The number of nitrogens with zero attached hydrogens (tertiary/aromatic N) is 1. The molecule has 0 aliphatic heterocycles. The number of anilines is 2. The van der Waals surface area contributed by atoms with E-state index in [1.807, 2.05) is 0 Å². The SMILES string of the molecule is Nc1ccc(C(=O)Nc2ccc(F)cc2[N+](=O)[O-])c(F)c1. The van der Waals surface area contributed by atoms with Crippen molar-refractivity contribution >= 4 is 23.0 Å². The van der Waals surface area contributed by atoms with Crippen LogP contribution in [0.25, 0.3) is 0 Å². The normalized spacial score (nSPS) is 10.2. The van der Waals surface area contributed by atoms with Crippen molar-refractivity contribution in [2.24, 2.45) is 0 Å². The molecule has 2 aromatic rings. The van der Waals surface area contributed by atoms with E-state index in [0.717, 1.165) is 24.3 Å². The fraction of sp³-hybridized carbons (Fsp3) is 0. The van der Waals surface area contributed by atoms with Crippen LogP contribution in [0, 0.1) is 21.7 Å². The molecule has 1 amide bonds. The summed E-state index contributed by atoms with van der Waals surface area (Å²) in [5, 5.41) is 13.0. The number of nitrogen functional groups attached to an aromatic ring is 1. The second kappa shape index (κ2) is 5.53. The summed E-state index contributed by atoms with van der Waals surface area (Å²) in [6.45, 7) is 0. The summed E-state index contributed by atoms with van der Waals surface area (Å²) in [4.78, 5) is 21.8. The average molecular weight is 293 g/mol. The van der Waals surface area contributed by atoms with Gasteiger partial charge >= 0.3 is 0 Å². The van der Waals surface area contributed by atoms with Gasteiger partial charge in [0.2, 0.25) is 0 Å². The van der Waals surface area contributed by atoms with Crippen molar-refractivity contribution in [3.8, 4) is 0 Å². The van der Waals surface area contributed by atoms with Gasteiger partial charge in [-0.15, -0.1) is 0 Å². The van der Waals surface area contributed by atoms with Gasteiger partial charge in [-0.25, -0.2) is 8.78 Å². The van der Waals surface area contributed by atoms with Gasteiger partial charge in [0.05, 0.1) is 16.6 Å². The minimum Gasteiger partial charge on any atom is -0.399 e. The van der Waals surface area contributed by atoms with Crippen LogP contribution in [0.5, 0.6) is 0 Å². The lowest BCUT2D eigenvalue weighted by molar-refractivity contribution is -0.384. The van der Waals surface area contributed by atoms with Gasteiger partial charge < -0.3 is 11.1 Å². The number of nitrogens with two attached hydrogens (primary N) is 1. The van der Waals surface area contributed by atoms with Gasteiger partial charge in [0.25, 0.3) is 11.6 Å². The second-order valence-corrected chi connectivity index (χ2v) is 4.11. The predicted molar refractivity (Wildman–Crippen MR) is 71.8 cm³/mol. The number of hydrogen-bond acceptors (Lipinski definition) is 4. The molecule has 108 valence electrons. The van der Waals surface area contributed by atoms with Crippen LogP contribution < -0.4 is 11.1 Å². The van der Waals surface area contributed by atoms with Gasteiger partial charge in [-0.3, -0.25) is 14.9 Å². The first kappa shape index (κ1) is 14.4. The minimum atomic E-state index is -0.901. The zero-order valence-electron chi connectivity index (χ0n) is 10.5. The summed E-state index contributed by atoms with van der Waals surface area (Å²) in [5.74, 6) is -2.59. The Morgan fingerprint density at radius 1 is 1.19 bits per heavy atom. The maximum absolute atomic E-state index is 13.6. The molecule has 21 heavy (non-hydrogen) atoms. The van der Waals surface area contributed by atoms with Gasteiger partial charge in [-0.05, 0) is 30.3 Å². The zero-order valence-corrected chi connectivity index (χ0v) is 10.5. The summed E-state index contributed by atoms with van der Waals surface area (Å²) in [6, 6.07) is 6.05. The van der Waals surface area contributed by atoms with Gasteiger partial charge in [0.15, 0.2) is 0 Å². The van der Waals surface area contributed by atoms with E-state index in [1.165, 1.54) is 6.07 Å². The molecule has 0 radical (unpaired) electrons.